The molecule has 0 N–H and O–H groups in total. The molecule has 1 saturated heterocycles. The van der Waals surface area contributed by atoms with Crippen LogP contribution in [0.5, 0.6) is 0 Å². The van der Waals surface area contributed by atoms with Gasteiger partial charge in [-0.2, -0.15) is 0 Å². The molecule has 74 valence electrons. The molecule has 5 heteroatoms. The smallest absolute Gasteiger partial charge is 0.229 e. The number of halogens is 2. The Morgan fingerprint density at radius 2 is 2.36 bits per heavy atom. The summed E-state index contributed by atoms with van der Waals surface area (Å²) in [5, 5.41) is 0.579. The van der Waals surface area contributed by atoms with Crippen molar-refractivity contribution in [3.8, 4) is 0 Å². The highest BCUT2D eigenvalue weighted by molar-refractivity contribution is 9.09. The number of rotatable bonds is 1. The van der Waals surface area contributed by atoms with Gasteiger partial charge in [-0.15, -0.1) is 0 Å². The molecule has 2 heterocycles. The lowest BCUT2D eigenvalue weighted by atomic mass is 10.4. The molecule has 1 fully saturated rings. The number of nitrogens with zero attached hydrogens (tertiary/aromatic N) is 2. The number of hydrogen-bond acceptors (Lipinski definition) is 2. The van der Waals surface area contributed by atoms with E-state index in [0.29, 0.717) is 23.8 Å². The molecule has 1 aliphatic heterocycles. The Morgan fingerprint density at radius 1 is 1.57 bits per heavy atom. The lowest BCUT2D eigenvalue weighted by Gasteiger charge is -2.13. The molecule has 1 atom stereocenters. The van der Waals surface area contributed by atoms with Crippen LogP contribution in [-0.4, -0.2) is 22.3 Å². The van der Waals surface area contributed by atoms with Gasteiger partial charge in [0.1, 0.15) is 5.82 Å². The number of aromatic nitrogens is 1. The monoisotopic (exact) mass is 274 g/mol. The van der Waals surface area contributed by atoms with Gasteiger partial charge in [0.15, 0.2) is 0 Å². The third-order valence-corrected chi connectivity index (χ3v) is 2.90. The van der Waals surface area contributed by atoms with Crippen molar-refractivity contribution in [3.05, 3.63) is 23.4 Å². The van der Waals surface area contributed by atoms with E-state index in [9.17, 15) is 4.79 Å². The van der Waals surface area contributed by atoms with E-state index in [2.05, 4.69) is 20.9 Å². The van der Waals surface area contributed by atoms with Crippen molar-refractivity contribution in [3.63, 3.8) is 0 Å². The van der Waals surface area contributed by atoms with Gasteiger partial charge in [0.05, 0.1) is 5.02 Å². The zero-order valence-corrected chi connectivity index (χ0v) is 9.62. The minimum Gasteiger partial charge on any atom is -0.296 e. The largest absolute Gasteiger partial charge is 0.296 e. The summed E-state index contributed by atoms with van der Waals surface area (Å²) >= 11 is 9.12. The molecule has 1 aromatic rings. The molecule has 3 nitrogen and oxygen atoms in total. The highest BCUT2D eigenvalue weighted by atomic mass is 79.9. The molecule has 0 aromatic carbocycles. The second-order valence-corrected chi connectivity index (χ2v) is 4.87. The highest BCUT2D eigenvalue weighted by Gasteiger charge is 2.29. The zero-order valence-electron chi connectivity index (χ0n) is 7.28. The molecule has 0 aliphatic carbocycles. The number of pyridine rings is 1. The second kappa shape index (κ2) is 3.87. The number of carbonyl (C=O) groups excluding carboxylic acids is 1. The van der Waals surface area contributed by atoms with Crippen LogP contribution < -0.4 is 4.90 Å². The first-order valence-corrected chi connectivity index (χ1v) is 5.52. The molecule has 2 rings (SSSR count). The van der Waals surface area contributed by atoms with Gasteiger partial charge in [0, 0.05) is 24.0 Å². The number of carbonyl (C=O) groups is 1. The van der Waals surface area contributed by atoms with E-state index >= 15 is 0 Å². The van der Waals surface area contributed by atoms with E-state index in [1.54, 1.807) is 23.2 Å². The Kier molecular flexibility index (Phi) is 2.74. The fourth-order valence-electron chi connectivity index (χ4n) is 1.41. The van der Waals surface area contributed by atoms with Gasteiger partial charge in [-0.3, -0.25) is 9.69 Å². The van der Waals surface area contributed by atoms with Gasteiger partial charge in [-0.1, -0.05) is 27.5 Å². The Balaban J connectivity index is 2.23. The van der Waals surface area contributed by atoms with Crippen molar-refractivity contribution in [2.24, 2.45) is 0 Å². The minimum absolute atomic E-state index is 0.0988. The fourth-order valence-corrected chi connectivity index (χ4v) is 2.09. The lowest BCUT2D eigenvalue weighted by Crippen LogP contribution is -2.25. The van der Waals surface area contributed by atoms with Crippen LogP contribution in [0.2, 0.25) is 5.02 Å². The highest BCUT2D eigenvalue weighted by Crippen LogP contribution is 2.23. The van der Waals surface area contributed by atoms with E-state index in [0.717, 1.165) is 0 Å². The molecular weight excluding hydrogens is 267 g/mol. The zero-order chi connectivity index (χ0) is 10.1. The molecule has 0 spiro atoms. The summed E-state index contributed by atoms with van der Waals surface area (Å²) in [5.41, 5.74) is 0. The van der Waals surface area contributed by atoms with Crippen molar-refractivity contribution in [1.29, 1.82) is 0 Å². The summed E-state index contributed by atoms with van der Waals surface area (Å²) in [6.45, 7) is 0.674. The van der Waals surface area contributed by atoms with E-state index in [1.165, 1.54) is 0 Å². The van der Waals surface area contributed by atoms with Crippen molar-refractivity contribution in [2.75, 3.05) is 11.4 Å². The van der Waals surface area contributed by atoms with Gasteiger partial charge in [-0.25, -0.2) is 4.98 Å². The standard InChI is InChI=1S/C9H8BrClN2O/c10-6-3-9(14)13(5-6)8-2-1-7(11)4-12-8/h1-2,4,6H,3,5H2. The quantitative estimate of drug-likeness (QED) is 0.737. The maximum absolute atomic E-state index is 11.5. The first-order valence-electron chi connectivity index (χ1n) is 4.23. The number of hydrogen-bond donors (Lipinski definition) is 0. The molecular formula is C9H8BrClN2O. The van der Waals surface area contributed by atoms with E-state index < -0.39 is 0 Å². The number of amides is 1. The van der Waals surface area contributed by atoms with Crippen LogP contribution >= 0.6 is 27.5 Å². The minimum atomic E-state index is 0.0988. The first kappa shape index (κ1) is 9.93. The van der Waals surface area contributed by atoms with Crippen LogP contribution in [0.15, 0.2) is 18.3 Å². The molecule has 1 aliphatic rings. The summed E-state index contributed by atoms with van der Waals surface area (Å²) in [6.07, 6.45) is 2.08. The molecule has 0 radical (unpaired) electrons. The molecule has 1 aromatic heterocycles. The van der Waals surface area contributed by atoms with Gasteiger partial charge in [0.2, 0.25) is 5.91 Å². The molecule has 1 unspecified atom stereocenters. The average molecular weight is 276 g/mol. The summed E-state index contributed by atoms with van der Waals surface area (Å²) in [7, 11) is 0. The molecule has 14 heavy (non-hydrogen) atoms. The van der Waals surface area contributed by atoms with Crippen LogP contribution in [0.3, 0.4) is 0 Å². The van der Waals surface area contributed by atoms with Gasteiger partial charge < -0.3 is 0 Å². The second-order valence-electron chi connectivity index (χ2n) is 3.14. The summed E-state index contributed by atoms with van der Waals surface area (Å²) in [6, 6.07) is 3.49. The predicted molar refractivity (Wildman–Crippen MR) is 58.9 cm³/mol. The maximum atomic E-state index is 11.5. The summed E-state index contributed by atoms with van der Waals surface area (Å²) < 4.78 is 0. The third kappa shape index (κ3) is 1.91. The Labute approximate surface area is 95.2 Å². The van der Waals surface area contributed by atoms with Crippen molar-refractivity contribution in [2.45, 2.75) is 11.2 Å². The Morgan fingerprint density at radius 3 is 2.86 bits per heavy atom. The van der Waals surface area contributed by atoms with Gasteiger partial charge in [-0.05, 0) is 12.1 Å². The summed E-state index contributed by atoms with van der Waals surface area (Å²) in [5.74, 6) is 0.767. The summed E-state index contributed by atoms with van der Waals surface area (Å²) in [4.78, 5) is 17.5. The molecule has 1 amide bonds. The topological polar surface area (TPSA) is 33.2 Å². The van der Waals surface area contributed by atoms with Crippen molar-refractivity contribution >= 4 is 39.3 Å². The Bertz CT molecular complexity index is 354. The van der Waals surface area contributed by atoms with Crippen molar-refractivity contribution in [1.82, 2.24) is 4.98 Å². The van der Waals surface area contributed by atoms with Gasteiger partial charge >= 0.3 is 0 Å². The number of anilines is 1. The average Bonchev–Trinajstić information content (AvgIpc) is 2.47. The first-order chi connectivity index (χ1) is 6.66. The fraction of sp³-hybridized carbons (Fsp3) is 0.333. The van der Waals surface area contributed by atoms with Crippen LogP contribution in [0.25, 0.3) is 0 Å². The SMILES string of the molecule is O=C1CC(Br)CN1c1ccc(Cl)cn1. The Hall–Kier alpha value is -0.610. The molecule has 0 saturated carbocycles. The van der Waals surface area contributed by atoms with Crippen LogP contribution in [0, 0.1) is 0 Å². The van der Waals surface area contributed by atoms with E-state index in [1.807, 2.05) is 0 Å². The maximum Gasteiger partial charge on any atom is 0.229 e. The van der Waals surface area contributed by atoms with Crippen molar-refractivity contribution < 1.29 is 4.79 Å². The number of alkyl halides is 1. The van der Waals surface area contributed by atoms with Crippen LogP contribution in [-0.2, 0) is 4.79 Å². The van der Waals surface area contributed by atoms with Crippen LogP contribution in [0.1, 0.15) is 6.42 Å². The third-order valence-electron chi connectivity index (χ3n) is 2.07. The van der Waals surface area contributed by atoms with E-state index in [4.69, 9.17) is 11.6 Å². The normalized spacial score (nSPS) is 21.7. The predicted octanol–water partition coefficient (Wildman–Crippen LogP) is 2.24. The molecule has 0 bridgehead atoms. The van der Waals surface area contributed by atoms with Crippen LogP contribution in [0.4, 0.5) is 5.82 Å². The lowest BCUT2D eigenvalue weighted by molar-refractivity contribution is -0.117. The van der Waals surface area contributed by atoms with E-state index in [-0.39, 0.29) is 10.7 Å². The van der Waals surface area contributed by atoms with Gasteiger partial charge in [0.25, 0.3) is 0 Å².